The standard InChI is InChI=1S/C32H57N3O10/c1-40-19-14-33-15-20-41-23-24-42-22-17-35-31(37)27-44-26-25-43-21-16-34-30(36)9-7-5-3-2-4-6-8-18-45-29-12-10-28(11-13-29)32(38)39/h10-13,31,33,35,37H,2-9,14-27H2,1H3,(H,34,36)(H,38,39). The van der Waals surface area contributed by atoms with E-state index < -0.39 is 12.2 Å². The fraction of sp³-hybridized carbons (Fsp3) is 0.750. The molecule has 0 aliphatic rings. The minimum absolute atomic E-state index is 0.0418. The number of benzene rings is 1. The van der Waals surface area contributed by atoms with Crippen molar-refractivity contribution in [2.45, 2.75) is 57.6 Å². The molecule has 13 heteroatoms. The minimum Gasteiger partial charge on any atom is -0.494 e. The lowest BCUT2D eigenvalue weighted by molar-refractivity contribution is -0.121. The van der Waals surface area contributed by atoms with Crippen molar-refractivity contribution < 1.29 is 48.2 Å². The molecule has 0 aromatic heterocycles. The van der Waals surface area contributed by atoms with E-state index in [4.69, 9.17) is 33.5 Å². The zero-order valence-electron chi connectivity index (χ0n) is 27.1. The lowest BCUT2D eigenvalue weighted by Crippen LogP contribution is -2.36. The zero-order chi connectivity index (χ0) is 32.6. The molecule has 45 heavy (non-hydrogen) atoms. The summed E-state index contributed by atoms with van der Waals surface area (Å²) in [5.74, 6) is -0.211. The van der Waals surface area contributed by atoms with Crippen molar-refractivity contribution in [2.24, 2.45) is 0 Å². The highest BCUT2D eigenvalue weighted by atomic mass is 16.5. The minimum atomic E-state index is -0.941. The number of aliphatic hydroxyl groups excluding tert-OH is 1. The number of ether oxygens (including phenoxy) is 6. The van der Waals surface area contributed by atoms with Crippen LogP contribution in [-0.4, -0.2) is 128 Å². The molecule has 13 nitrogen and oxygen atoms in total. The number of hydrogen-bond acceptors (Lipinski definition) is 11. The number of carboxylic acids is 1. The third kappa shape index (κ3) is 26.6. The second-order valence-corrected chi connectivity index (χ2v) is 10.4. The molecule has 0 saturated heterocycles. The number of carbonyl (C=O) groups is 2. The summed E-state index contributed by atoms with van der Waals surface area (Å²) in [7, 11) is 1.67. The summed E-state index contributed by atoms with van der Waals surface area (Å²) in [6, 6.07) is 6.45. The number of rotatable bonds is 33. The third-order valence-electron chi connectivity index (χ3n) is 6.54. The van der Waals surface area contributed by atoms with Gasteiger partial charge < -0.3 is 49.3 Å². The predicted octanol–water partition coefficient (Wildman–Crippen LogP) is 2.21. The maximum absolute atomic E-state index is 12.0. The molecule has 260 valence electrons. The van der Waals surface area contributed by atoms with Gasteiger partial charge in [-0.05, 0) is 37.1 Å². The monoisotopic (exact) mass is 643 g/mol. The number of unbranched alkanes of at least 4 members (excludes halogenated alkanes) is 6. The summed E-state index contributed by atoms with van der Waals surface area (Å²) < 4.78 is 32.4. The Labute approximate surface area is 268 Å². The van der Waals surface area contributed by atoms with Crippen LogP contribution in [0.4, 0.5) is 0 Å². The van der Waals surface area contributed by atoms with Crippen LogP contribution in [0.5, 0.6) is 5.75 Å². The van der Waals surface area contributed by atoms with Crippen LogP contribution >= 0.6 is 0 Å². The molecule has 0 heterocycles. The Bertz CT molecular complexity index is 832. The molecule has 1 amide bonds. The molecule has 0 radical (unpaired) electrons. The molecule has 1 atom stereocenters. The Kier molecular flexibility index (Phi) is 27.4. The topological polar surface area (TPSA) is 166 Å². The van der Waals surface area contributed by atoms with Gasteiger partial charge in [0, 0.05) is 39.7 Å². The van der Waals surface area contributed by atoms with Crippen LogP contribution in [0.3, 0.4) is 0 Å². The van der Waals surface area contributed by atoms with E-state index in [1.807, 2.05) is 0 Å². The van der Waals surface area contributed by atoms with E-state index in [1.165, 1.54) is 0 Å². The Balaban J connectivity index is 1.77. The molecule has 0 aliphatic carbocycles. The van der Waals surface area contributed by atoms with Crippen molar-refractivity contribution in [2.75, 3.05) is 99.4 Å². The normalized spacial score (nSPS) is 11.9. The van der Waals surface area contributed by atoms with Gasteiger partial charge >= 0.3 is 5.97 Å². The van der Waals surface area contributed by atoms with Crippen LogP contribution in [0, 0.1) is 0 Å². The highest BCUT2D eigenvalue weighted by Gasteiger charge is 2.04. The first-order valence-corrected chi connectivity index (χ1v) is 16.2. The Morgan fingerprint density at radius 2 is 1.27 bits per heavy atom. The Morgan fingerprint density at radius 3 is 1.93 bits per heavy atom. The van der Waals surface area contributed by atoms with Crippen LogP contribution in [-0.2, 0) is 28.5 Å². The summed E-state index contributed by atoms with van der Waals surface area (Å²) >= 11 is 0. The number of aliphatic hydroxyl groups is 1. The SMILES string of the molecule is COCCNCCOCCOCCNC(O)COCCOCCNC(=O)CCCCCCCCCOc1ccc(C(=O)O)cc1. The maximum Gasteiger partial charge on any atom is 0.335 e. The van der Waals surface area contributed by atoms with Crippen molar-refractivity contribution in [3.8, 4) is 5.75 Å². The Hall–Kier alpha value is -2.36. The van der Waals surface area contributed by atoms with Gasteiger partial charge in [-0.3, -0.25) is 10.1 Å². The summed E-state index contributed by atoms with van der Waals surface area (Å²) in [6.45, 7) is 7.29. The molecular formula is C32H57N3O10. The van der Waals surface area contributed by atoms with E-state index in [-0.39, 0.29) is 18.1 Å². The second kappa shape index (κ2) is 30.3. The van der Waals surface area contributed by atoms with Crippen LogP contribution in [0.15, 0.2) is 24.3 Å². The predicted molar refractivity (Wildman–Crippen MR) is 171 cm³/mol. The molecule has 0 spiro atoms. The zero-order valence-corrected chi connectivity index (χ0v) is 27.1. The first kappa shape index (κ1) is 40.7. The molecule has 0 fully saturated rings. The van der Waals surface area contributed by atoms with Crippen molar-refractivity contribution in [1.29, 1.82) is 0 Å². The van der Waals surface area contributed by atoms with E-state index in [0.717, 1.165) is 58.0 Å². The molecular weight excluding hydrogens is 586 g/mol. The molecule has 1 unspecified atom stereocenters. The summed E-state index contributed by atoms with van der Waals surface area (Å²) in [5, 5.41) is 27.8. The van der Waals surface area contributed by atoms with E-state index in [0.29, 0.717) is 84.7 Å². The van der Waals surface area contributed by atoms with E-state index in [2.05, 4.69) is 16.0 Å². The van der Waals surface area contributed by atoms with Crippen molar-refractivity contribution >= 4 is 11.9 Å². The van der Waals surface area contributed by atoms with Gasteiger partial charge in [0.1, 0.15) is 12.0 Å². The molecule has 1 aromatic rings. The maximum atomic E-state index is 12.0. The van der Waals surface area contributed by atoms with Crippen molar-refractivity contribution in [1.82, 2.24) is 16.0 Å². The first-order chi connectivity index (χ1) is 22.0. The van der Waals surface area contributed by atoms with Gasteiger partial charge in [-0.1, -0.05) is 32.1 Å². The molecule has 0 saturated carbocycles. The molecule has 1 rings (SSSR count). The van der Waals surface area contributed by atoms with Gasteiger partial charge in [0.05, 0.1) is 71.6 Å². The van der Waals surface area contributed by atoms with Gasteiger partial charge in [-0.2, -0.15) is 0 Å². The van der Waals surface area contributed by atoms with E-state index >= 15 is 0 Å². The number of carbonyl (C=O) groups excluding carboxylic acids is 1. The lowest BCUT2D eigenvalue weighted by atomic mass is 10.1. The fourth-order valence-corrected chi connectivity index (χ4v) is 4.04. The first-order valence-electron chi connectivity index (χ1n) is 16.2. The third-order valence-corrected chi connectivity index (χ3v) is 6.54. The van der Waals surface area contributed by atoms with Gasteiger partial charge in [0.2, 0.25) is 5.91 Å². The molecule has 5 N–H and O–H groups in total. The van der Waals surface area contributed by atoms with Crippen LogP contribution in [0.25, 0.3) is 0 Å². The summed E-state index contributed by atoms with van der Waals surface area (Å²) in [5.41, 5.74) is 0.254. The van der Waals surface area contributed by atoms with Crippen LogP contribution in [0.2, 0.25) is 0 Å². The van der Waals surface area contributed by atoms with Crippen molar-refractivity contribution in [3.05, 3.63) is 29.8 Å². The lowest BCUT2D eigenvalue weighted by Gasteiger charge is -2.13. The summed E-state index contributed by atoms with van der Waals surface area (Å²) in [4.78, 5) is 22.8. The average molecular weight is 644 g/mol. The number of nitrogens with one attached hydrogen (secondary N) is 3. The fourth-order valence-electron chi connectivity index (χ4n) is 4.04. The summed E-state index contributed by atoms with van der Waals surface area (Å²) in [6.07, 6.45) is 7.07. The van der Waals surface area contributed by atoms with Crippen molar-refractivity contribution in [3.63, 3.8) is 0 Å². The van der Waals surface area contributed by atoms with Crippen LogP contribution in [0.1, 0.15) is 61.7 Å². The van der Waals surface area contributed by atoms with Crippen LogP contribution < -0.4 is 20.7 Å². The Morgan fingerprint density at radius 1 is 0.689 bits per heavy atom. The van der Waals surface area contributed by atoms with Gasteiger partial charge in [-0.25, -0.2) is 4.79 Å². The van der Waals surface area contributed by atoms with E-state index in [1.54, 1.807) is 31.4 Å². The van der Waals surface area contributed by atoms with Gasteiger partial charge in [-0.15, -0.1) is 0 Å². The number of carboxylic acid groups (broad SMARTS) is 1. The molecule has 0 aliphatic heterocycles. The number of aromatic carboxylic acids is 1. The largest absolute Gasteiger partial charge is 0.494 e. The average Bonchev–Trinajstić information content (AvgIpc) is 3.03. The smallest absolute Gasteiger partial charge is 0.335 e. The number of methoxy groups -OCH3 is 1. The van der Waals surface area contributed by atoms with E-state index in [9.17, 15) is 14.7 Å². The highest BCUT2D eigenvalue weighted by molar-refractivity contribution is 5.87. The molecule has 1 aromatic carbocycles. The highest BCUT2D eigenvalue weighted by Crippen LogP contribution is 2.14. The number of hydrogen-bond donors (Lipinski definition) is 5. The molecule has 0 bridgehead atoms. The van der Waals surface area contributed by atoms with Gasteiger partial charge in [0.25, 0.3) is 0 Å². The number of amides is 1. The van der Waals surface area contributed by atoms with Gasteiger partial charge in [0.15, 0.2) is 0 Å². The second-order valence-electron chi connectivity index (χ2n) is 10.4. The quantitative estimate of drug-likeness (QED) is 0.0561.